The summed E-state index contributed by atoms with van der Waals surface area (Å²) in [5, 5.41) is 7.66. The van der Waals surface area contributed by atoms with Crippen molar-refractivity contribution in [3.05, 3.63) is 54.0 Å². The fourth-order valence-electron chi connectivity index (χ4n) is 2.42. The van der Waals surface area contributed by atoms with Gasteiger partial charge in [-0.1, -0.05) is 12.1 Å². The number of rotatable bonds is 7. The molecule has 1 aromatic heterocycles. The van der Waals surface area contributed by atoms with Gasteiger partial charge in [0.2, 0.25) is 11.8 Å². The first kappa shape index (κ1) is 19.4. The van der Waals surface area contributed by atoms with Crippen molar-refractivity contribution < 1.29 is 18.8 Å². The fraction of sp³-hybridized carbons (Fsp3) is 0.278. The smallest absolute Gasteiger partial charge is 0.287 e. The molecule has 3 amide bonds. The molecule has 2 aromatic rings. The average molecular weight is 406 g/mol. The van der Waals surface area contributed by atoms with Gasteiger partial charge in [-0.05, 0) is 29.8 Å². The van der Waals surface area contributed by atoms with E-state index in [-0.39, 0.29) is 24.8 Å². The standard InChI is InChI=1S/C18H19N3O4S2/c22-15(10-20-17(24)14-5-2-6-25-14)19-11-16(23)21-13-4-1-3-12(9-13)18-26-7-8-27-18/h1-6,9,18H,7-8,10-11H2,(H,19,22)(H,20,24)(H,21,23). The lowest BCUT2D eigenvalue weighted by atomic mass is 10.2. The number of carbonyl (C=O) groups excluding carboxylic acids is 3. The number of hydrogen-bond donors (Lipinski definition) is 3. The van der Waals surface area contributed by atoms with Gasteiger partial charge in [-0.15, -0.1) is 23.5 Å². The topological polar surface area (TPSA) is 100 Å². The zero-order valence-electron chi connectivity index (χ0n) is 14.4. The number of nitrogens with one attached hydrogen (secondary N) is 3. The van der Waals surface area contributed by atoms with Gasteiger partial charge < -0.3 is 20.4 Å². The van der Waals surface area contributed by atoms with Crippen LogP contribution in [0.25, 0.3) is 0 Å². The number of amides is 3. The van der Waals surface area contributed by atoms with Gasteiger partial charge >= 0.3 is 0 Å². The molecule has 3 rings (SSSR count). The van der Waals surface area contributed by atoms with Gasteiger partial charge in [0.15, 0.2) is 5.76 Å². The van der Waals surface area contributed by atoms with Crippen molar-refractivity contribution >= 4 is 46.9 Å². The molecule has 3 N–H and O–H groups in total. The van der Waals surface area contributed by atoms with Crippen LogP contribution < -0.4 is 16.0 Å². The summed E-state index contributed by atoms with van der Waals surface area (Å²) >= 11 is 3.79. The van der Waals surface area contributed by atoms with Crippen LogP contribution in [-0.2, 0) is 9.59 Å². The maximum atomic E-state index is 12.0. The lowest BCUT2D eigenvalue weighted by molar-refractivity contribution is -0.123. The second-order valence-electron chi connectivity index (χ2n) is 5.68. The van der Waals surface area contributed by atoms with Gasteiger partial charge in [-0.2, -0.15) is 0 Å². The Kier molecular flexibility index (Phi) is 6.83. The monoisotopic (exact) mass is 405 g/mol. The van der Waals surface area contributed by atoms with Crippen molar-refractivity contribution in [3.8, 4) is 0 Å². The Bertz CT molecular complexity index is 805. The molecule has 2 heterocycles. The van der Waals surface area contributed by atoms with Crippen LogP contribution in [0.5, 0.6) is 0 Å². The molecule has 0 saturated carbocycles. The van der Waals surface area contributed by atoms with Crippen molar-refractivity contribution in [1.82, 2.24) is 10.6 Å². The third-order valence-corrected chi connectivity index (χ3v) is 6.77. The van der Waals surface area contributed by atoms with Crippen LogP contribution in [0.4, 0.5) is 5.69 Å². The minimum atomic E-state index is -0.487. The molecule has 1 aromatic carbocycles. The van der Waals surface area contributed by atoms with Gasteiger partial charge in [-0.25, -0.2) is 0 Å². The molecule has 0 spiro atoms. The molecule has 0 aliphatic carbocycles. The fourth-order valence-corrected chi connectivity index (χ4v) is 5.25. The largest absolute Gasteiger partial charge is 0.459 e. The van der Waals surface area contributed by atoms with E-state index in [0.717, 1.165) is 11.5 Å². The van der Waals surface area contributed by atoms with Crippen LogP contribution in [0.15, 0.2) is 47.1 Å². The second-order valence-corrected chi connectivity index (χ2v) is 8.41. The van der Waals surface area contributed by atoms with Gasteiger partial charge in [0, 0.05) is 17.2 Å². The molecule has 1 aliphatic rings. The summed E-state index contributed by atoms with van der Waals surface area (Å²) in [6, 6.07) is 10.8. The lowest BCUT2D eigenvalue weighted by Gasteiger charge is -2.11. The molecule has 1 fully saturated rings. The van der Waals surface area contributed by atoms with Crippen LogP contribution in [0, 0.1) is 0 Å². The Morgan fingerprint density at radius 3 is 2.52 bits per heavy atom. The maximum Gasteiger partial charge on any atom is 0.287 e. The van der Waals surface area contributed by atoms with Crippen molar-refractivity contribution in [2.45, 2.75) is 4.58 Å². The molecule has 0 unspecified atom stereocenters. The van der Waals surface area contributed by atoms with Gasteiger partial charge in [-0.3, -0.25) is 14.4 Å². The first-order valence-electron chi connectivity index (χ1n) is 8.33. The van der Waals surface area contributed by atoms with E-state index in [2.05, 4.69) is 22.0 Å². The molecule has 142 valence electrons. The summed E-state index contributed by atoms with van der Waals surface area (Å²) in [7, 11) is 0. The van der Waals surface area contributed by atoms with Gasteiger partial charge in [0.25, 0.3) is 5.91 Å². The highest BCUT2D eigenvalue weighted by atomic mass is 32.2. The molecule has 0 atom stereocenters. The molecule has 1 saturated heterocycles. The number of carbonyl (C=O) groups is 3. The first-order valence-corrected chi connectivity index (χ1v) is 10.4. The number of anilines is 1. The van der Waals surface area contributed by atoms with E-state index in [9.17, 15) is 14.4 Å². The molecule has 1 aliphatic heterocycles. The molecule has 27 heavy (non-hydrogen) atoms. The number of furan rings is 1. The highest BCUT2D eigenvalue weighted by molar-refractivity contribution is 8.19. The summed E-state index contributed by atoms with van der Waals surface area (Å²) in [4.78, 5) is 35.5. The quantitative estimate of drug-likeness (QED) is 0.653. The van der Waals surface area contributed by atoms with Crippen LogP contribution in [0.1, 0.15) is 20.7 Å². The van der Waals surface area contributed by atoms with E-state index in [1.54, 1.807) is 6.07 Å². The third kappa shape index (κ3) is 5.80. The summed E-state index contributed by atoms with van der Waals surface area (Å²) in [6.07, 6.45) is 1.37. The van der Waals surface area contributed by atoms with Gasteiger partial charge in [0.1, 0.15) is 0 Å². The average Bonchev–Trinajstić information content (AvgIpc) is 3.38. The predicted molar refractivity (Wildman–Crippen MR) is 107 cm³/mol. The van der Waals surface area contributed by atoms with Crippen LogP contribution in [0.2, 0.25) is 0 Å². The van der Waals surface area contributed by atoms with E-state index in [4.69, 9.17) is 4.42 Å². The first-order chi connectivity index (χ1) is 13.1. The minimum absolute atomic E-state index is 0.124. The van der Waals surface area contributed by atoms with Crippen molar-refractivity contribution in [3.63, 3.8) is 0 Å². The molecule has 0 bridgehead atoms. The normalized spacial score (nSPS) is 13.9. The lowest BCUT2D eigenvalue weighted by Crippen LogP contribution is -2.40. The second kappa shape index (κ2) is 9.52. The Morgan fingerprint density at radius 2 is 1.78 bits per heavy atom. The summed E-state index contributed by atoms with van der Waals surface area (Å²) < 4.78 is 5.33. The third-order valence-electron chi connectivity index (χ3n) is 3.66. The van der Waals surface area contributed by atoms with Crippen molar-refractivity contribution in [1.29, 1.82) is 0 Å². The van der Waals surface area contributed by atoms with Crippen LogP contribution in [0.3, 0.4) is 0 Å². The zero-order valence-corrected chi connectivity index (χ0v) is 16.0. The predicted octanol–water partition coefficient (Wildman–Crippen LogP) is 2.24. The number of benzene rings is 1. The highest BCUT2D eigenvalue weighted by Gasteiger charge is 2.18. The van der Waals surface area contributed by atoms with Crippen LogP contribution in [-0.4, -0.2) is 42.3 Å². The van der Waals surface area contributed by atoms with E-state index < -0.39 is 11.8 Å². The Labute approximate surface area is 165 Å². The highest BCUT2D eigenvalue weighted by Crippen LogP contribution is 2.45. The van der Waals surface area contributed by atoms with E-state index >= 15 is 0 Å². The molecular weight excluding hydrogens is 386 g/mol. The maximum absolute atomic E-state index is 12.0. The summed E-state index contributed by atoms with van der Waals surface area (Å²) in [5.41, 5.74) is 1.87. The molecule has 9 heteroatoms. The number of hydrogen-bond acceptors (Lipinski definition) is 6. The van der Waals surface area contributed by atoms with E-state index in [1.807, 2.05) is 41.7 Å². The summed E-state index contributed by atoms with van der Waals surface area (Å²) in [5.74, 6) is 1.11. The molecule has 7 nitrogen and oxygen atoms in total. The Balaban J connectivity index is 1.41. The van der Waals surface area contributed by atoms with Gasteiger partial charge in [0.05, 0.1) is 23.9 Å². The van der Waals surface area contributed by atoms with Crippen molar-refractivity contribution in [2.24, 2.45) is 0 Å². The SMILES string of the molecule is O=C(CNC(=O)c1ccco1)NCC(=O)Nc1cccc(C2SCCS2)c1. The van der Waals surface area contributed by atoms with E-state index in [0.29, 0.717) is 10.3 Å². The Morgan fingerprint density at radius 1 is 1.00 bits per heavy atom. The van der Waals surface area contributed by atoms with Crippen molar-refractivity contribution in [2.75, 3.05) is 29.9 Å². The molecular formula is C18H19N3O4S2. The Hall–Kier alpha value is -2.39. The number of thioether (sulfide) groups is 2. The summed E-state index contributed by atoms with van der Waals surface area (Å²) in [6.45, 7) is -0.412. The van der Waals surface area contributed by atoms with E-state index in [1.165, 1.54) is 17.9 Å². The zero-order chi connectivity index (χ0) is 19.1. The molecule has 0 radical (unpaired) electrons. The van der Waals surface area contributed by atoms with Crippen LogP contribution >= 0.6 is 23.5 Å². The minimum Gasteiger partial charge on any atom is -0.459 e.